The Morgan fingerprint density at radius 1 is 1.31 bits per heavy atom. The zero-order chi connectivity index (χ0) is 12.1. The van der Waals surface area contributed by atoms with Crippen molar-refractivity contribution in [1.29, 1.82) is 0 Å². The fourth-order valence-corrected chi connectivity index (χ4v) is 1.51. The fraction of sp³-hybridized carbons (Fsp3) is 0.200. The molecule has 0 aliphatic carbocycles. The summed E-state index contributed by atoms with van der Waals surface area (Å²) in [6.07, 6.45) is 0. The highest BCUT2D eigenvalue weighted by Gasteiger charge is 2.26. The van der Waals surface area contributed by atoms with Crippen LogP contribution in [0.3, 0.4) is 0 Å². The number of ketones is 1. The molecule has 0 saturated heterocycles. The van der Waals surface area contributed by atoms with Gasteiger partial charge in [0, 0.05) is 0 Å². The number of rotatable bonds is 4. The summed E-state index contributed by atoms with van der Waals surface area (Å²) < 4.78 is 26.0. The zero-order valence-electron chi connectivity index (χ0n) is 8.41. The van der Waals surface area contributed by atoms with E-state index in [2.05, 4.69) is 0 Å². The van der Waals surface area contributed by atoms with Crippen LogP contribution < -0.4 is 4.74 Å². The lowest BCUT2D eigenvalue weighted by atomic mass is 10.3. The maximum absolute atomic E-state index is 11.4. The number of carbonyl (C=O) groups is 2. The van der Waals surface area contributed by atoms with E-state index >= 15 is 0 Å². The van der Waals surface area contributed by atoms with Gasteiger partial charge in [-0.1, -0.05) is 18.2 Å². The maximum atomic E-state index is 11.4. The molecule has 0 N–H and O–H groups in total. The van der Waals surface area contributed by atoms with Crippen LogP contribution in [0.1, 0.15) is 6.92 Å². The van der Waals surface area contributed by atoms with Gasteiger partial charge in [-0.2, -0.15) is 0 Å². The minimum absolute atomic E-state index is 0.198. The standard InChI is InChI=1S/C10H10O5S/c1-7(11)9(16(13)14)10(12)15-8-5-3-2-4-6-8/h2-6,9H,1H3,(H,13,14)/p-1. The molecule has 86 valence electrons. The number of hydrogen-bond acceptors (Lipinski definition) is 5. The van der Waals surface area contributed by atoms with E-state index in [1.54, 1.807) is 18.2 Å². The summed E-state index contributed by atoms with van der Waals surface area (Å²) in [5.41, 5.74) is 0. The molecule has 1 aromatic rings. The van der Waals surface area contributed by atoms with Gasteiger partial charge in [0.15, 0.2) is 11.0 Å². The van der Waals surface area contributed by atoms with Gasteiger partial charge in [-0.3, -0.25) is 9.00 Å². The van der Waals surface area contributed by atoms with Gasteiger partial charge >= 0.3 is 5.97 Å². The first-order valence-electron chi connectivity index (χ1n) is 4.37. The number of Topliss-reactive ketones (excluding diaryl/α,β-unsaturated/α-hetero) is 1. The van der Waals surface area contributed by atoms with Crippen molar-refractivity contribution in [2.45, 2.75) is 12.2 Å². The first-order chi connectivity index (χ1) is 7.52. The average Bonchev–Trinajstić information content (AvgIpc) is 2.17. The van der Waals surface area contributed by atoms with Crippen LogP contribution in [0.15, 0.2) is 30.3 Å². The number of ether oxygens (including phenoxy) is 1. The molecule has 5 nitrogen and oxygen atoms in total. The van der Waals surface area contributed by atoms with Gasteiger partial charge in [-0.15, -0.1) is 0 Å². The van der Waals surface area contributed by atoms with E-state index < -0.39 is 28.1 Å². The zero-order valence-corrected chi connectivity index (χ0v) is 9.23. The molecular formula is C10H9O5S-. The summed E-state index contributed by atoms with van der Waals surface area (Å²) in [4.78, 5) is 22.3. The first kappa shape index (κ1) is 12.5. The molecule has 0 saturated carbocycles. The minimum Gasteiger partial charge on any atom is -0.771 e. The van der Waals surface area contributed by atoms with Crippen molar-refractivity contribution in [3.63, 3.8) is 0 Å². The van der Waals surface area contributed by atoms with Crippen molar-refractivity contribution in [2.24, 2.45) is 0 Å². The van der Waals surface area contributed by atoms with Crippen LogP contribution in [0.25, 0.3) is 0 Å². The Labute approximate surface area is 94.7 Å². The lowest BCUT2D eigenvalue weighted by Gasteiger charge is -2.15. The molecule has 0 fully saturated rings. The van der Waals surface area contributed by atoms with Crippen LogP contribution in [-0.4, -0.2) is 25.8 Å². The van der Waals surface area contributed by atoms with Crippen molar-refractivity contribution in [2.75, 3.05) is 0 Å². The third kappa shape index (κ3) is 3.25. The molecule has 6 heteroatoms. The van der Waals surface area contributed by atoms with E-state index in [1.165, 1.54) is 12.1 Å². The lowest BCUT2D eigenvalue weighted by molar-refractivity contribution is -0.136. The first-order valence-corrected chi connectivity index (χ1v) is 5.51. The molecule has 0 spiro atoms. The van der Waals surface area contributed by atoms with Crippen molar-refractivity contribution >= 4 is 22.8 Å². The van der Waals surface area contributed by atoms with E-state index in [1.807, 2.05) is 0 Å². The Balaban J connectivity index is 2.78. The molecule has 1 aromatic carbocycles. The average molecular weight is 241 g/mol. The van der Waals surface area contributed by atoms with Crippen LogP contribution in [0, 0.1) is 0 Å². The third-order valence-electron chi connectivity index (χ3n) is 1.74. The van der Waals surface area contributed by atoms with E-state index in [9.17, 15) is 18.4 Å². The highest BCUT2D eigenvalue weighted by molar-refractivity contribution is 7.81. The lowest BCUT2D eigenvalue weighted by Crippen LogP contribution is -2.36. The Morgan fingerprint density at radius 3 is 2.31 bits per heavy atom. The molecule has 0 heterocycles. The van der Waals surface area contributed by atoms with Crippen molar-refractivity contribution in [1.82, 2.24) is 0 Å². The normalized spacial score (nSPS) is 13.9. The number of benzene rings is 1. The molecule has 0 bridgehead atoms. The predicted octanol–water partition coefficient (Wildman–Crippen LogP) is 0.429. The third-order valence-corrected chi connectivity index (χ3v) is 2.65. The van der Waals surface area contributed by atoms with Gasteiger partial charge in [-0.05, 0) is 30.1 Å². The van der Waals surface area contributed by atoms with E-state index in [-0.39, 0.29) is 5.75 Å². The van der Waals surface area contributed by atoms with Gasteiger partial charge in [-0.25, -0.2) is 4.79 Å². The number of esters is 1. The van der Waals surface area contributed by atoms with Crippen LogP contribution in [0.4, 0.5) is 0 Å². The molecule has 0 amide bonds. The van der Waals surface area contributed by atoms with Crippen molar-refractivity contribution < 1.29 is 23.1 Å². The van der Waals surface area contributed by atoms with E-state index in [0.29, 0.717) is 0 Å². The molecule has 16 heavy (non-hydrogen) atoms. The molecular weight excluding hydrogens is 232 g/mol. The summed E-state index contributed by atoms with van der Waals surface area (Å²) in [5, 5.41) is -1.76. The number of carbonyl (C=O) groups excluding carboxylic acids is 2. The second-order valence-electron chi connectivity index (χ2n) is 2.99. The van der Waals surface area contributed by atoms with Crippen LogP contribution in [0.2, 0.25) is 0 Å². The summed E-state index contributed by atoms with van der Waals surface area (Å²) in [5.74, 6) is -1.66. The van der Waals surface area contributed by atoms with Gasteiger partial charge in [0.25, 0.3) is 0 Å². The molecule has 0 aliphatic rings. The molecule has 0 aromatic heterocycles. The summed E-state index contributed by atoms with van der Waals surface area (Å²) in [6.45, 7) is 1.02. The van der Waals surface area contributed by atoms with Crippen molar-refractivity contribution in [3.8, 4) is 5.75 Å². The molecule has 2 atom stereocenters. The second-order valence-corrected chi connectivity index (χ2v) is 3.98. The Bertz CT molecular complexity index is 400. The molecule has 0 radical (unpaired) electrons. The van der Waals surface area contributed by atoms with Crippen molar-refractivity contribution in [3.05, 3.63) is 30.3 Å². The van der Waals surface area contributed by atoms with Gasteiger partial charge in [0.1, 0.15) is 5.75 Å². The summed E-state index contributed by atoms with van der Waals surface area (Å²) in [6, 6.07) is 7.94. The van der Waals surface area contributed by atoms with Gasteiger partial charge in [0.05, 0.1) is 0 Å². The monoisotopic (exact) mass is 241 g/mol. The topological polar surface area (TPSA) is 83.5 Å². The second kappa shape index (κ2) is 5.53. The number of para-hydroxylation sites is 1. The van der Waals surface area contributed by atoms with Crippen LogP contribution in [0.5, 0.6) is 5.75 Å². The largest absolute Gasteiger partial charge is 0.771 e. The highest BCUT2D eigenvalue weighted by atomic mass is 32.2. The van der Waals surface area contributed by atoms with E-state index in [0.717, 1.165) is 6.92 Å². The quantitative estimate of drug-likeness (QED) is 0.330. The molecule has 1 rings (SSSR count). The number of hydrogen-bond donors (Lipinski definition) is 0. The van der Waals surface area contributed by atoms with E-state index in [4.69, 9.17) is 4.74 Å². The Morgan fingerprint density at radius 2 is 1.88 bits per heavy atom. The SMILES string of the molecule is CC(=O)C(C(=O)Oc1ccccc1)S(=O)[O-]. The molecule has 0 aliphatic heterocycles. The van der Waals surface area contributed by atoms with Gasteiger partial charge in [0.2, 0.25) is 0 Å². The minimum atomic E-state index is -2.81. The smallest absolute Gasteiger partial charge is 0.333 e. The van der Waals surface area contributed by atoms with Gasteiger partial charge < -0.3 is 9.29 Å². The Kier molecular flexibility index (Phi) is 4.33. The fourth-order valence-electron chi connectivity index (χ4n) is 1.04. The van der Waals surface area contributed by atoms with Crippen LogP contribution in [-0.2, 0) is 20.7 Å². The summed E-state index contributed by atoms with van der Waals surface area (Å²) >= 11 is -2.81. The predicted molar refractivity (Wildman–Crippen MR) is 55.5 cm³/mol. The maximum Gasteiger partial charge on any atom is 0.333 e. The van der Waals surface area contributed by atoms with Crippen LogP contribution >= 0.6 is 0 Å². The summed E-state index contributed by atoms with van der Waals surface area (Å²) in [7, 11) is 0. The molecule has 2 unspecified atom stereocenters. The highest BCUT2D eigenvalue weighted by Crippen LogP contribution is 2.10. The Hall–Kier alpha value is -1.53.